The molecule has 2 heterocycles. The van der Waals surface area contributed by atoms with Crippen molar-refractivity contribution in [3.8, 4) is 0 Å². The van der Waals surface area contributed by atoms with Crippen LogP contribution in [0.25, 0.3) is 0 Å². The van der Waals surface area contributed by atoms with Gasteiger partial charge in [-0.15, -0.1) is 0 Å². The number of carbonyl (C=O) groups excluding carboxylic acids is 1. The maximum absolute atomic E-state index is 12.8. The quantitative estimate of drug-likeness (QED) is 0.365. The molecule has 0 aromatic carbocycles. The molecule has 0 aromatic heterocycles. The van der Waals surface area contributed by atoms with Crippen LogP contribution in [0.15, 0.2) is 11.6 Å². The Morgan fingerprint density at radius 1 is 1.25 bits per heavy atom. The molecule has 0 radical (unpaired) electrons. The first kappa shape index (κ1) is 27.5. The normalized spacial score (nSPS) is 39.3. The minimum absolute atomic E-state index is 0.0376. The third-order valence-corrected chi connectivity index (χ3v) is 12.0. The maximum atomic E-state index is 12.8. The fourth-order valence-electron chi connectivity index (χ4n) is 4.27. The fourth-order valence-corrected chi connectivity index (χ4v) is 5.31. The average Bonchev–Trinajstić information content (AvgIpc) is 2.64. The molecule has 32 heavy (non-hydrogen) atoms. The van der Waals surface area contributed by atoms with Crippen molar-refractivity contribution >= 4 is 14.3 Å². The molecule has 0 amide bonds. The molecule has 0 aliphatic carbocycles. The molecule has 0 saturated carbocycles. The first-order valence-electron chi connectivity index (χ1n) is 11.7. The maximum Gasteiger partial charge on any atom is 0.311 e. The van der Waals surface area contributed by atoms with Crippen LogP contribution in [0.5, 0.6) is 0 Å². The average molecular weight is 473 g/mol. The van der Waals surface area contributed by atoms with Crippen LogP contribution in [0.4, 0.5) is 0 Å². The molecule has 0 spiro atoms. The summed E-state index contributed by atoms with van der Waals surface area (Å²) in [5.41, 5.74) is 1.03. The Hall–Kier alpha value is -0.773. The Bertz CT molecular complexity index is 686. The predicted octanol–water partition coefficient (Wildman–Crippen LogP) is 3.79. The summed E-state index contributed by atoms with van der Waals surface area (Å²) in [7, 11) is -0.385. The van der Waals surface area contributed by atoms with Crippen molar-refractivity contribution in [1.82, 2.24) is 0 Å². The Morgan fingerprint density at radius 3 is 2.44 bits per heavy atom. The second-order valence-corrected chi connectivity index (χ2v) is 16.1. The number of methoxy groups -OCH3 is 1. The van der Waals surface area contributed by atoms with E-state index in [1.807, 2.05) is 26.8 Å². The Balaban J connectivity index is 2.33. The molecular formula is C24H44O7Si. The molecule has 1 fully saturated rings. The van der Waals surface area contributed by atoms with Crippen LogP contribution in [0.3, 0.4) is 0 Å². The predicted molar refractivity (Wildman–Crippen MR) is 126 cm³/mol. The number of hydrogen-bond donors (Lipinski definition) is 2. The summed E-state index contributed by atoms with van der Waals surface area (Å²) in [5, 5.41) is 21.7. The van der Waals surface area contributed by atoms with Gasteiger partial charge >= 0.3 is 5.97 Å². The number of ether oxygens (including phenoxy) is 3. The Morgan fingerprint density at radius 2 is 1.88 bits per heavy atom. The van der Waals surface area contributed by atoms with Gasteiger partial charge in [0.05, 0.1) is 31.3 Å². The van der Waals surface area contributed by atoms with Gasteiger partial charge < -0.3 is 28.8 Å². The number of aliphatic hydroxyl groups excluding tert-OH is 1. The minimum atomic E-state index is -2.03. The van der Waals surface area contributed by atoms with E-state index in [0.717, 1.165) is 5.57 Å². The lowest BCUT2D eigenvalue weighted by atomic mass is 9.80. The second kappa shape index (κ2) is 10.2. The molecule has 2 aliphatic rings. The van der Waals surface area contributed by atoms with Gasteiger partial charge in [0.25, 0.3) is 0 Å². The molecule has 2 rings (SSSR count). The number of cyclic esters (lactones) is 1. The van der Waals surface area contributed by atoms with Crippen molar-refractivity contribution in [2.45, 2.75) is 109 Å². The molecule has 8 heteroatoms. The number of rotatable bonds is 4. The largest absolute Gasteiger partial charge is 0.459 e. The van der Waals surface area contributed by atoms with E-state index in [1.165, 1.54) is 0 Å². The van der Waals surface area contributed by atoms with E-state index in [0.29, 0.717) is 13.0 Å². The highest BCUT2D eigenvalue weighted by Crippen LogP contribution is 2.39. The molecule has 7 atom stereocenters. The SMILES string of the molecule is CO[C@@H]1/C=C(\C)C[C@@H](CO[Si](C)(C)C(C)(C)C)OC(=O)C[C@]2(O)C[C@H](O)[C@@H](C)[C@@H](O2)[C@@H]1C. The number of carbonyl (C=O) groups is 1. The Kier molecular flexibility index (Phi) is 8.79. The van der Waals surface area contributed by atoms with Crippen molar-refractivity contribution in [2.24, 2.45) is 11.8 Å². The first-order valence-corrected chi connectivity index (χ1v) is 14.6. The standard InChI is InChI=1S/C24H44O7Si/c1-15-10-18(14-29-32(8,9)23(4,5)6)30-21(26)13-24(27)12-19(25)16(2)22(31-24)17(3)20(11-15)28-7/h11,16-20,22,25,27H,10,12-14H2,1-9H3/b15-11+/t16-,17-,18+,19+,20-,22-,24+/m1/s1. The third-order valence-electron chi connectivity index (χ3n) is 7.47. The van der Waals surface area contributed by atoms with Gasteiger partial charge in [-0.2, -0.15) is 0 Å². The van der Waals surface area contributed by atoms with E-state index in [9.17, 15) is 15.0 Å². The fraction of sp³-hybridized carbons (Fsp3) is 0.875. The summed E-state index contributed by atoms with van der Waals surface area (Å²) in [6.07, 6.45) is 0.159. The smallest absolute Gasteiger partial charge is 0.311 e. The van der Waals surface area contributed by atoms with Crippen molar-refractivity contribution in [3.63, 3.8) is 0 Å². The van der Waals surface area contributed by atoms with Crippen molar-refractivity contribution in [1.29, 1.82) is 0 Å². The van der Waals surface area contributed by atoms with Gasteiger partial charge in [-0.3, -0.25) is 4.79 Å². The van der Waals surface area contributed by atoms with E-state index in [2.05, 4.69) is 33.9 Å². The molecule has 7 nitrogen and oxygen atoms in total. The molecule has 1 saturated heterocycles. The summed E-state index contributed by atoms with van der Waals surface area (Å²) in [6, 6.07) is 0. The second-order valence-electron chi connectivity index (χ2n) is 11.3. The lowest BCUT2D eigenvalue weighted by Crippen LogP contribution is -2.55. The van der Waals surface area contributed by atoms with Gasteiger partial charge in [0.2, 0.25) is 0 Å². The Labute approximate surface area is 194 Å². The zero-order valence-corrected chi connectivity index (χ0v) is 22.3. The van der Waals surface area contributed by atoms with E-state index >= 15 is 0 Å². The lowest BCUT2D eigenvalue weighted by Gasteiger charge is -2.46. The summed E-state index contributed by atoms with van der Waals surface area (Å²) in [4.78, 5) is 12.8. The minimum Gasteiger partial charge on any atom is -0.459 e. The van der Waals surface area contributed by atoms with Gasteiger partial charge in [-0.1, -0.05) is 46.3 Å². The van der Waals surface area contributed by atoms with Gasteiger partial charge in [-0.25, -0.2) is 0 Å². The summed E-state index contributed by atoms with van der Waals surface area (Å²) < 4.78 is 23.9. The van der Waals surface area contributed by atoms with E-state index in [4.69, 9.17) is 18.6 Å². The van der Waals surface area contributed by atoms with Crippen molar-refractivity contribution < 1.29 is 33.6 Å². The van der Waals surface area contributed by atoms with Crippen LogP contribution < -0.4 is 0 Å². The zero-order valence-electron chi connectivity index (χ0n) is 21.3. The molecule has 2 N–H and O–H groups in total. The summed E-state index contributed by atoms with van der Waals surface area (Å²) in [5.74, 6) is -2.67. The molecule has 0 unspecified atom stereocenters. The first-order chi connectivity index (χ1) is 14.6. The number of hydrogen-bond acceptors (Lipinski definition) is 7. The van der Waals surface area contributed by atoms with Gasteiger partial charge in [0.15, 0.2) is 14.1 Å². The highest BCUT2D eigenvalue weighted by molar-refractivity contribution is 6.74. The zero-order chi connectivity index (χ0) is 24.5. The van der Waals surface area contributed by atoms with Gasteiger partial charge in [0, 0.05) is 31.8 Å². The topological polar surface area (TPSA) is 94.5 Å². The third kappa shape index (κ3) is 6.64. The van der Waals surface area contributed by atoms with E-state index < -0.39 is 38.4 Å². The summed E-state index contributed by atoms with van der Waals surface area (Å²) in [6.45, 7) is 17.0. The van der Waals surface area contributed by atoms with E-state index in [1.54, 1.807) is 7.11 Å². The molecule has 2 bridgehead atoms. The summed E-state index contributed by atoms with van der Waals surface area (Å²) >= 11 is 0. The molecular weight excluding hydrogens is 428 g/mol. The van der Waals surface area contributed by atoms with Crippen molar-refractivity contribution in [3.05, 3.63) is 11.6 Å². The van der Waals surface area contributed by atoms with Gasteiger partial charge in [-0.05, 0) is 25.1 Å². The van der Waals surface area contributed by atoms with Gasteiger partial charge in [0.1, 0.15) is 6.10 Å². The number of fused-ring (bicyclic) bond motifs is 2. The highest BCUT2D eigenvalue weighted by Gasteiger charge is 2.48. The van der Waals surface area contributed by atoms with Crippen LogP contribution >= 0.6 is 0 Å². The highest BCUT2D eigenvalue weighted by atomic mass is 28.4. The van der Waals surface area contributed by atoms with Crippen molar-refractivity contribution in [2.75, 3.05) is 13.7 Å². The molecule has 2 aliphatic heterocycles. The van der Waals surface area contributed by atoms with Crippen LogP contribution in [0.1, 0.15) is 60.8 Å². The molecule has 186 valence electrons. The number of aliphatic hydroxyl groups is 2. The van der Waals surface area contributed by atoms with Crippen LogP contribution in [0.2, 0.25) is 18.1 Å². The molecule has 0 aromatic rings. The van der Waals surface area contributed by atoms with E-state index in [-0.39, 0.29) is 35.8 Å². The lowest BCUT2D eigenvalue weighted by molar-refractivity contribution is -0.301. The van der Waals surface area contributed by atoms with Crippen LogP contribution in [-0.4, -0.2) is 68.4 Å². The monoisotopic (exact) mass is 472 g/mol. The number of esters is 1. The van der Waals surface area contributed by atoms with Crippen LogP contribution in [0, 0.1) is 11.8 Å². The van der Waals surface area contributed by atoms with Crippen LogP contribution in [-0.2, 0) is 23.4 Å².